The minimum Gasteiger partial charge on any atom is -0.478 e. The quantitative estimate of drug-likeness (QED) is 0.586. The Hall–Kier alpha value is -2.96. The zero-order valence-corrected chi connectivity index (χ0v) is 18.1. The number of aryl methyl sites for hydroxylation is 3. The van der Waals surface area contributed by atoms with Crippen LogP contribution in [0.5, 0.6) is 0 Å². The number of carboxylic acids is 1. The van der Waals surface area contributed by atoms with Crippen molar-refractivity contribution in [2.24, 2.45) is 0 Å². The molecule has 0 aliphatic carbocycles. The van der Waals surface area contributed by atoms with E-state index in [1.807, 2.05) is 24.3 Å². The van der Waals surface area contributed by atoms with Crippen molar-refractivity contribution in [1.82, 2.24) is 4.72 Å². The number of benzene rings is 3. The summed E-state index contributed by atoms with van der Waals surface area (Å²) in [6.07, 6.45) is 0.532. The molecule has 0 saturated carbocycles. The molecule has 0 saturated heterocycles. The van der Waals surface area contributed by atoms with Crippen LogP contribution in [0.4, 0.5) is 0 Å². The van der Waals surface area contributed by atoms with E-state index in [1.165, 1.54) is 29.3 Å². The average Bonchev–Trinajstić information content (AvgIpc) is 2.70. The van der Waals surface area contributed by atoms with Gasteiger partial charge in [0.15, 0.2) is 0 Å². The van der Waals surface area contributed by atoms with Crippen molar-refractivity contribution in [3.8, 4) is 11.1 Å². The Morgan fingerprint density at radius 2 is 1.47 bits per heavy atom. The summed E-state index contributed by atoms with van der Waals surface area (Å²) >= 11 is 0. The Bertz CT molecular complexity index is 1180. The number of hydrogen-bond donors (Lipinski definition) is 2. The first kappa shape index (κ1) is 21.7. The third kappa shape index (κ3) is 4.96. The second-order valence-corrected chi connectivity index (χ2v) is 9.19. The van der Waals surface area contributed by atoms with Crippen LogP contribution in [-0.2, 0) is 16.4 Å². The Kier molecular flexibility index (Phi) is 6.39. The topological polar surface area (TPSA) is 83.5 Å². The first-order valence-electron chi connectivity index (χ1n) is 9.67. The number of hydrogen-bond acceptors (Lipinski definition) is 3. The standard InChI is InChI=1S/C24H25NO4S/c1-16-4-8-21(14-18(16)3)20-9-6-19(7-10-20)12-13-25-30(28,29)22-11-5-17(2)23(15-22)24(26)27/h4-11,14-15,25H,12-13H2,1-3H3,(H,26,27). The number of rotatable bonds is 7. The Morgan fingerprint density at radius 1 is 0.833 bits per heavy atom. The number of sulfonamides is 1. The highest BCUT2D eigenvalue weighted by Crippen LogP contribution is 2.23. The van der Waals surface area contributed by atoms with Gasteiger partial charge in [-0.25, -0.2) is 17.9 Å². The fraction of sp³-hybridized carbons (Fsp3) is 0.208. The van der Waals surface area contributed by atoms with Gasteiger partial charge in [-0.1, -0.05) is 48.5 Å². The molecule has 0 unspecified atom stereocenters. The van der Waals surface area contributed by atoms with Crippen LogP contribution in [0.2, 0.25) is 0 Å². The SMILES string of the molecule is Cc1ccc(-c2ccc(CCNS(=O)(=O)c3ccc(C)c(C(=O)O)c3)cc2)cc1C. The van der Waals surface area contributed by atoms with Crippen molar-refractivity contribution in [3.05, 3.63) is 88.5 Å². The van der Waals surface area contributed by atoms with Gasteiger partial charge in [0.25, 0.3) is 0 Å². The van der Waals surface area contributed by atoms with E-state index in [0.717, 1.165) is 16.7 Å². The number of nitrogens with one attached hydrogen (secondary N) is 1. The van der Waals surface area contributed by atoms with E-state index < -0.39 is 16.0 Å². The van der Waals surface area contributed by atoms with Gasteiger partial charge < -0.3 is 5.11 Å². The van der Waals surface area contributed by atoms with Crippen LogP contribution in [0.3, 0.4) is 0 Å². The lowest BCUT2D eigenvalue weighted by atomic mass is 9.99. The molecule has 0 aliphatic rings. The van der Waals surface area contributed by atoms with Crippen LogP contribution in [-0.4, -0.2) is 26.0 Å². The summed E-state index contributed by atoms with van der Waals surface area (Å²) in [5.74, 6) is -1.14. The molecule has 30 heavy (non-hydrogen) atoms. The molecule has 0 aliphatic heterocycles. The average molecular weight is 424 g/mol. The molecule has 5 nitrogen and oxygen atoms in total. The van der Waals surface area contributed by atoms with Crippen LogP contribution < -0.4 is 4.72 Å². The van der Waals surface area contributed by atoms with Crippen molar-refractivity contribution in [3.63, 3.8) is 0 Å². The molecule has 0 bridgehead atoms. The second kappa shape index (κ2) is 8.81. The lowest BCUT2D eigenvalue weighted by molar-refractivity contribution is 0.0696. The molecule has 3 aromatic carbocycles. The highest BCUT2D eigenvalue weighted by Gasteiger charge is 2.17. The van der Waals surface area contributed by atoms with Crippen LogP contribution in [0.25, 0.3) is 11.1 Å². The lowest BCUT2D eigenvalue weighted by Crippen LogP contribution is -2.26. The molecule has 0 amide bonds. The molecule has 0 spiro atoms. The van der Waals surface area contributed by atoms with E-state index in [0.29, 0.717) is 12.0 Å². The molecule has 0 heterocycles. The maximum absolute atomic E-state index is 12.5. The normalized spacial score (nSPS) is 11.4. The maximum Gasteiger partial charge on any atom is 0.335 e. The van der Waals surface area contributed by atoms with E-state index >= 15 is 0 Å². The van der Waals surface area contributed by atoms with Crippen LogP contribution >= 0.6 is 0 Å². The van der Waals surface area contributed by atoms with Gasteiger partial charge in [0.05, 0.1) is 10.5 Å². The number of carboxylic acid groups (broad SMARTS) is 1. The third-order valence-electron chi connectivity index (χ3n) is 5.25. The number of aromatic carboxylic acids is 1. The van der Waals surface area contributed by atoms with E-state index in [-0.39, 0.29) is 17.0 Å². The van der Waals surface area contributed by atoms with Gasteiger partial charge >= 0.3 is 5.97 Å². The number of carbonyl (C=O) groups is 1. The molecule has 0 aromatic heterocycles. The minimum atomic E-state index is -3.78. The van der Waals surface area contributed by atoms with E-state index in [2.05, 4.69) is 36.8 Å². The van der Waals surface area contributed by atoms with Crippen molar-refractivity contribution < 1.29 is 18.3 Å². The summed E-state index contributed by atoms with van der Waals surface area (Å²) in [4.78, 5) is 11.2. The largest absolute Gasteiger partial charge is 0.478 e. The molecule has 2 N–H and O–H groups in total. The summed E-state index contributed by atoms with van der Waals surface area (Å²) in [6, 6.07) is 18.5. The smallest absolute Gasteiger partial charge is 0.335 e. The van der Waals surface area contributed by atoms with Crippen molar-refractivity contribution >= 4 is 16.0 Å². The predicted molar refractivity (Wildman–Crippen MR) is 118 cm³/mol. The van der Waals surface area contributed by atoms with Crippen LogP contribution in [0, 0.1) is 20.8 Å². The molecular weight excluding hydrogens is 398 g/mol. The fourth-order valence-electron chi connectivity index (χ4n) is 3.20. The van der Waals surface area contributed by atoms with Gasteiger partial charge in [0, 0.05) is 6.54 Å². The van der Waals surface area contributed by atoms with E-state index in [9.17, 15) is 18.3 Å². The van der Waals surface area contributed by atoms with E-state index in [4.69, 9.17) is 0 Å². The second-order valence-electron chi connectivity index (χ2n) is 7.43. The first-order valence-corrected chi connectivity index (χ1v) is 11.2. The molecule has 3 aromatic rings. The molecule has 0 radical (unpaired) electrons. The Balaban J connectivity index is 1.65. The summed E-state index contributed by atoms with van der Waals surface area (Å²) in [5.41, 5.74) is 6.28. The van der Waals surface area contributed by atoms with Gasteiger partial charge in [-0.05, 0) is 72.7 Å². The van der Waals surface area contributed by atoms with Gasteiger partial charge in [0.2, 0.25) is 10.0 Å². The molecule has 6 heteroatoms. The Morgan fingerprint density at radius 3 is 2.10 bits per heavy atom. The van der Waals surface area contributed by atoms with Gasteiger partial charge in [0.1, 0.15) is 0 Å². The van der Waals surface area contributed by atoms with Gasteiger partial charge in [-0.3, -0.25) is 0 Å². The van der Waals surface area contributed by atoms with Crippen molar-refractivity contribution in [2.75, 3.05) is 6.54 Å². The van der Waals surface area contributed by atoms with Crippen molar-refractivity contribution in [1.29, 1.82) is 0 Å². The van der Waals surface area contributed by atoms with E-state index in [1.54, 1.807) is 6.92 Å². The van der Waals surface area contributed by atoms with Gasteiger partial charge in [-0.15, -0.1) is 0 Å². The maximum atomic E-state index is 12.5. The zero-order valence-electron chi connectivity index (χ0n) is 17.3. The molecule has 156 valence electrons. The fourth-order valence-corrected chi connectivity index (χ4v) is 4.25. The summed E-state index contributed by atoms with van der Waals surface area (Å²) < 4.78 is 27.6. The summed E-state index contributed by atoms with van der Waals surface area (Å²) in [7, 11) is -3.78. The van der Waals surface area contributed by atoms with Crippen LogP contribution in [0.1, 0.15) is 32.6 Å². The third-order valence-corrected chi connectivity index (χ3v) is 6.71. The van der Waals surface area contributed by atoms with Crippen LogP contribution in [0.15, 0.2) is 65.6 Å². The molecule has 0 atom stereocenters. The van der Waals surface area contributed by atoms with Crippen molar-refractivity contribution in [2.45, 2.75) is 32.1 Å². The van der Waals surface area contributed by atoms with Gasteiger partial charge in [-0.2, -0.15) is 0 Å². The molecule has 3 rings (SSSR count). The lowest BCUT2D eigenvalue weighted by Gasteiger charge is -2.10. The monoisotopic (exact) mass is 423 g/mol. The zero-order chi connectivity index (χ0) is 21.9. The molecule has 0 fully saturated rings. The first-order chi connectivity index (χ1) is 14.2. The highest BCUT2D eigenvalue weighted by molar-refractivity contribution is 7.89. The predicted octanol–water partition coefficient (Wildman–Crippen LogP) is 4.50. The summed E-state index contributed by atoms with van der Waals surface area (Å²) in [5, 5.41) is 9.20. The highest BCUT2D eigenvalue weighted by atomic mass is 32.2. The molecular formula is C24H25NO4S. The summed E-state index contributed by atoms with van der Waals surface area (Å²) in [6.45, 7) is 6.03. The minimum absolute atomic E-state index is 0.0141. The Labute approximate surface area is 177 Å².